The topological polar surface area (TPSA) is 46.3 Å². The van der Waals surface area contributed by atoms with Crippen molar-refractivity contribution in [1.29, 1.82) is 0 Å². The van der Waals surface area contributed by atoms with Gasteiger partial charge in [0.05, 0.1) is 0 Å². The molecule has 1 heterocycles. The number of nitrogens with zero attached hydrogens (tertiary/aromatic N) is 1. The fraction of sp³-hybridized carbons (Fsp3) is 0.133. The fourth-order valence-electron chi connectivity index (χ4n) is 2.44. The predicted octanol–water partition coefficient (Wildman–Crippen LogP) is 2.52. The molecule has 0 atom stereocenters. The molecule has 0 radical (unpaired) electrons. The van der Waals surface area contributed by atoms with Crippen LogP contribution in [0.3, 0.4) is 0 Å². The van der Waals surface area contributed by atoms with Gasteiger partial charge in [-0.15, -0.1) is 0 Å². The first-order chi connectivity index (χ1) is 8.66. The summed E-state index contributed by atoms with van der Waals surface area (Å²) >= 11 is 0. The maximum atomic E-state index is 12.3. The highest BCUT2D eigenvalue weighted by Gasteiger charge is 2.22. The summed E-state index contributed by atoms with van der Waals surface area (Å²) in [6, 6.07) is 13.5. The van der Waals surface area contributed by atoms with E-state index in [-0.39, 0.29) is 5.91 Å². The zero-order chi connectivity index (χ0) is 12.7. The van der Waals surface area contributed by atoms with E-state index in [1.165, 1.54) is 0 Å². The Kier molecular flexibility index (Phi) is 2.33. The van der Waals surface area contributed by atoms with Crippen LogP contribution in [0.1, 0.15) is 15.9 Å². The molecule has 18 heavy (non-hydrogen) atoms. The number of amides is 1. The van der Waals surface area contributed by atoms with Crippen LogP contribution < -0.4 is 5.73 Å². The summed E-state index contributed by atoms with van der Waals surface area (Å²) in [5.41, 5.74) is 10.5. The molecular weight excluding hydrogens is 224 g/mol. The van der Waals surface area contributed by atoms with Gasteiger partial charge < -0.3 is 10.6 Å². The highest BCUT2D eigenvalue weighted by Crippen LogP contribution is 2.32. The van der Waals surface area contributed by atoms with Crippen LogP contribution in [-0.2, 0) is 6.54 Å². The molecule has 3 nitrogen and oxygen atoms in total. The third kappa shape index (κ3) is 1.56. The van der Waals surface area contributed by atoms with Gasteiger partial charge in [0.25, 0.3) is 5.91 Å². The van der Waals surface area contributed by atoms with Crippen LogP contribution in [0.4, 0.5) is 5.69 Å². The molecule has 0 bridgehead atoms. The van der Waals surface area contributed by atoms with Crippen molar-refractivity contribution in [1.82, 2.24) is 4.90 Å². The number of nitrogen functional groups attached to an aromatic ring is 1. The Morgan fingerprint density at radius 2 is 1.78 bits per heavy atom. The van der Waals surface area contributed by atoms with E-state index in [0.29, 0.717) is 6.54 Å². The minimum Gasteiger partial charge on any atom is -0.399 e. The van der Waals surface area contributed by atoms with Crippen LogP contribution in [-0.4, -0.2) is 17.9 Å². The van der Waals surface area contributed by atoms with Crippen molar-refractivity contribution in [2.24, 2.45) is 0 Å². The zero-order valence-corrected chi connectivity index (χ0v) is 10.2. The Morgan fingerprint density at radius 1 is 1.06 bits per heavy atom. The molecule has 1 aliphatic heterocycles. The lowest BCUT2D eigenvalue weighted by Crippen LogP contribution is -2.24. The van der Waals surface area contributed by atoms with Crippen molar-refractivity contribution >= 4 is 11.6 Å². The first-order valence-electron chi connectivity index (χ1n) is 5.90. The molecule has 1 amide bonds. The third-order valence-corrected chi connectivity index (χ3v) is 3.33. The number of fused-ring (bicyclic) bond motifs is 3. The van der Waals surface area contributed by atoms with E-state index in [0.717, 1.165) is 27.9 Å². The number of carbonyl (C=O) groups excluding carboxylic acids is 1. The average Bonchev–Trinajstić information content (AvgIpc) is 2.47. The second-order valence-corrected chi connectivity index (χ2v) is 4.62. The molecule has 2 aromatic carbocycles. The first-order valence-corrected chi connectivity index (χ1v) is 5.90. The number of nitrogens with two attached hydrogens (primary N) is 1. The highest BCUT2D eigenvalue weighted by atomic mass is 16.2. The van der Waals surface area contributed by atoms with Gasteiger partial charge in [-0.1, -0.05) is 24.3 Å². The highest BCUT2D eigenvalue weighted by molar-refractivity contribution is 6.02. The quantitative estimate of drug-likeness (QED) is 0.717. The van der Waals surface area contributed by atoms with Crippen LogP contribution in [0.2, 0.25) is 0 Å². The summed E-state index contributed by atoms with van der Waals surface area (Å²) in [4.78, 5) is 14.0. The van der Waals surface area contributed by atoms with Crippen LogP contribution >= 0.6 is 0 Å². The largest absolute Gasteiger partial charge is 0.399 e. The van der Waals surface area contributed by atoms with E-state index in [1.807, 2.05) is 49.5 Å². The second kappa shape index (κ2) is 3.88. The minimum atomic E-state index is 0.0559. The summed E-state index contributed by atoms with van der Waals surface area (Å²) in [6.07, 6.45) is 0. The van der Waals surface area contributed by atoms with E-state index in [9.17, 15) is 4.79 Å². The molecular formula is C15H14N2O. The monoisotopic (exact) mass is 238 g/mol. The van der Waals surface area contributed by atoms with Gasteiger partial charge >= 0.3 is 0 Å². The van der Waals surface area contributed by atoms with Crippen molar-refractivity contribution in [2.75, 3.05) is 12.8 Å². The standard InChI is InChI=1S/C15H14N2O/c1-17-9-10-8-11(16)6-7-12(10)13-4-2-3-5-14(13)15(17)18/h2-8H,9,16H2,1H3. The van der Waals surface area contributed by atoms with Gasteiger partial charge in [0.1, 0.15) is 0 Å². The molecule has 3 heteroatoms. The Morgan fingerprint density at radius 3 is 2.56 bits per heavy atom. The minimum absolute atomic E-state index is 0.0559. The molecule has 3 rings (SSSR count). The number of benzene rings is 2. The SMILES string of the molecule is CN1Cc2cc(N)ccc2-c2ccccc2C1=O. The van der Waals surface area contributed by atoms with Crippen LogP contribution in [0.15, 0.2) is 42.5 Å². The van der Waals surface area contributed by atoms with E-state index in [1.54, 1.807) is 4.90 Å². The van der Waals surface area contributed by atoms with Crippen LogP contribution in [0, 0.1) is 0 Å². The third-order valence-electron chi connectivity index (χ3n) is 3.33. The second-order valence-electron chi connectivity index (χ2n) is 4.62. The summed E-state index contributed by atoms with van der Waals surface area (Å²) < 4.78 is 0. The molecule has 0 spiro atoms. The van der Waals surface area contributed by atoms with Gasteiger partial charge in [-0.2, -0.15) is 0 Å². The molecule has 0 aliphatic carbocycles. The van der Waals surface area contributed by atoms with Crippen molar-refractivity contribution in [3.05, 3.63) is 53.6 Å². The zero-order valence-electron chi connectivity index (χ0n) is 10.2. The Hall–Kier alpha value is -2.29. The van der Waals surface area contributed by atoms with E-state index < -0.39 is 0 Å². The lowest BCUT2D eigenvalue weighted by molar-refractivity contribution is 0.0788. The number of hydrogen-bond donors (Lipinski definition) is 1. The van der Waals surface area contributed by atoms with Gasteiger partial charge in [0, 0.05) is 24.8 Å². The predicted molar refractivity (Wildman–Crippen MR) is 72.1 cm³/mol. The van der Waals surface area contributed by atoms with Gasteiger partial charge in [-0.05, 0) is 34.9 Å². The molecule has 0 aromatic heterocycles. The molecule has 0 fully saturated rings. The maximum absolute atomic E-state index is 12.3. The molecule has 2 aromatic rings. The lowest BCUT2D eigenvalue weighted by atomic mass is 9.96. The van der Waals surface area contributed by atoms with Gasteiger partial charge in [0.15, 0.2) is 0 Å². The Labute approximate surface area is 106 Å². The summed E-state index contributed by atoms with van der Waals surface area (Å²) in [5.74, 6) is 0.0559. The fourth-order valence-corrected chi connectivity index (χ4v) is 2.44. The van der Waals surface area contributed by atoms with E-state index in [4.69, 9.17) is 5.73 Å². The molecule has 0 saturated carbocycles. The maximum Gasteiger partial charge on any atom is 0.254 e. The van der Waals surface area contributed by atoms with Crippen molar-refractivity contribution in [2.45, 2.75) is 6.54 Å². The Bertz CT molecular complexity index is 634. The van der Waals surface area contributed by atoms with Crippen molar-refractivity contribution in [3.63, 3.8) is 0 Å². The molecule has 90 valence electrons. The number of rotatable bonds is 0. The van der Waals surface area contributed by atoms with E-state index >= 15 is 0 Å². The Balaban J connectivity index is 2.32. The summed E-state index contributed by atoms with van der Waals surface area (Å²) in [6.45, 7) is 0.591. The van der Waals surface area contributed by atoms with Crippen LogP contribution in [0.5, 0.6) is 0 Å². The van der Waals surface area contributed by atoms with Gasteiger partial charge in [-0.25, -0.2) is 0 Å². The normalized spacial score (nSPS) is 13.8. The molecule has 1 aliphatic rings. The lowest BCUT2D eigenvalue weighted by Gasteiger charge is -2.15. The number of hydrogen-bond acceptors (Lipinski definition) is 2. The van der Waals surface area contributed by atoms with Crippen molar-refractivity contribution in [3.8, 4) is 11.1 Å². The van der Waals surface area contributed by atoms with Crippen LogP contribution in [0.25, 0.3) is 11.1 Å². The molecule has 0 unspecified atom stereocenters. The van der Waals surface area contributed by atoms with E-state index in [2.05, 4.69) is 0 Å². The number of anilines is 1. The smallest absolute Gasteiger partial charge is 0.254 e. The van der Waals surface area contributed by atoms with Crippen molar-refractivity contribution < 1.29 is 4.79 Å². The molecule has 0 saturated heterocycles. The molecule has 2 N–H and O–H groups in total. The summed E-state index contributed by atoms with van der Waals surface area (Å²) in [5, 5.41) is 0. The van der Waals surface area contributed by atoms with Gasteiger partial charge in [-0.3, -0.25) is 4.79 Å². The first kappa shape index (κ1) is 10.8. The summed E-state index contributed by atoms with van der Waals surface area (Å²) in [7, 11) is 1.82. The van der Waals surface area contributed by atoms with Gasteiger partial charge in [0.2, 0.25) is 0 Å². The average molecular weight is 238 g/mol. The number of carbonyl (C=O) groups is 1.